The maximum absolute atomic E-state index is 13.8. The largest absolute Gasteiger partial charge is 0.424 e. The van der Waals surface area contributed by atoms with Crippen LogP contribution in [0.25, 0.3) is 0 Å². The molecule has 2 bridgehead atoms. The van der Waals surface area contributed by atoms with Gasteiger partial charge in [-0.1, -0.05) is 60.7 Å². The summed E-state index contributed by atoms with van der Waals surface area (Å²) in [6.07, 6.45) is 0. The number of benzene rings is 3. The number of hydrogen-bond acceptors (Lipinski definition) is 5. The zero-order valence-electron chi connectivity index (χ0n) is 19.3. The van der Waals surface area contributed by atoms with Gasteiger partial charge in [-0.2, -0.15) is 0 Å². The van der Waals surface area contributed by atoms with Gasteiger partial charge in [0.1, 0.15) is 11.8 Å². The Kier molecular flexibility index (Phi) is 4.74. The summed E-state index contributed by atoms with van der Waals surface area (Å²) in [5.41, 5.74) is 4.57. The smallest absolute Gasteiger partial charge is 0.334 e. The summed E-state index contributed by atoms with van der Waals surface area (Å²) in [4.78, 5) is 53.7. The Labute approximate surface area is 202 Å². The van der Waals surface area contributed by atoms with Crippen LogP contribution in [0.3, 0.4) is 0 Å². The van der Waals surface area contributed by atoms with E-state index in [2.05, 4.69) is 0 Å². The van der Waals surface area contributed by atoms with Crippen molar-refractivity contribution in [2.24, 2.45) is 11.8 Å². The zero-order valence-corrected chi connectivity index (χ0v) is 19.3. The number of rotatable bonds is 4. The molecule has 1 aliphatic heterocycles. The second-order valence-electron chi connectivity index (χ2n) is 9.46. The van der Waals surface area contributed by atoms with Gasteiger partial charge in [-0.3, -0.25) is 19.3 Å². The third kappa shape index (κ3) is 2.95. The molecule has 0 unspecified atom stereocenters. The molecule has 2 amide bonds. The fourth-order valence-electron chi connectivity index (χ4n) is 6.23. The van der Waals surface area contributed by atoms with E-state index in [1.807, 2.05) is 48.5 Å². The molecule has 4 aliphatic rings. The second-order valence-corrected chi connectivity index (χ2v) is 9.46. The highest BCUT2D eigenvalue weighted by atomic mass is 16.5. The first-order chi connectivity index (χ1) is 16.9. The molecule has 0 aromatic heterocycles. The van der Waals surface area contributed by atoms with Crippen LogP contribution in [0.2, 0.25) is 0 Å². The SMILES string of the molecule is CC(=O)c1ccccc1OC(=O)[C@H](C)N1C(=O)[C@@H]2C3c4ccccc4C(c4ccccc43)[C@H]2C1=O. The average molecular weight is 466 g/mol. The van der Waals surface area contributed by atoms with Gasteiger partial charge in [-0.05, 0) is 48.2 Å². The molecule has 6 nitrogen and oxygen atoms in total. The lowest BCUT2D eigenvalue weighted by Crippen LogP contribution is -2.45. The fraction of sp³-hybridized carbons (Fsp3) is 0.241. The number of amides is 2. The van der Waals surface area contributed by atoms with Crippen LogP contribution in [0.5, 0.6) is 5.75 Å². The monoisotopic (exact) mass is 465 g/mol. The molecular weight excluding hydrogens is 442 g/mol. The summed E-state index contributed by atoms with van der Waals surface area (Å²) >= 11 is 0. The minimum absolute atomic E-state index is 0.119. The summed E-state index contributed by atoms with van der Waals surface area (Å²) in [6.45, 7) is 2.90. The van der Waals surface area contributed by atoms with Crippen molar-refractivity contribution in [3.63, 3.8) is 0 Å². The maximum Gasteiger partial charge on any atom is 0.334 e. The number of ether oxygens (including phenoxy) is 1. The van der Waals surface area contributed by atoms with Crippen molar-refractivity contribution in [3.05, 3.63) is 101 Å². The van der Waals surface area contributed by atoms with Crippen molar-refractivity contribution in [1.82, 2.24) is 4.90 Å². The van der Waals surface area contributed by atoms with Gasteiger partial charge in [0.2, 0.25) is 11.8 Å². The van der Waals surface area contributed by atoms with Crippen LogP contribution in [0.1, 0.15) is 58.3 Å². The predicted molar refractivity (Wildman–Crippen MR) is 127 cm³/mol. The van der Waals surface area contributed by atoms with E-state index in [1.165, 1.54) is 19.9 Å². The van der Waals surface area contributed by atoms with Gasteiger partial charge >= 0.3 is 5.97 Å². The Hall–Kier alpha value is -4.06. The molecule has 3 aliphatic carbocycles. The molecule has 1 fully saturated rings. The Morgan fingerprint density at radius 2 is 1.17 bits per heavy atom. The fourth-order valence-corrected chi connectivity index (χ4v) is 6.23. The van der Waals surface area contributed by atoms with Crippen LogP contribution in [0.15, 0.2) is 72.8 Å². The molecule has 1 heterocycles. The Balaban J connectivity index is 1.37. The van der Waals surface area contributed by atoms with E-state index < -0.39 is 23.8 Å². The number of imide groups is 1. The molecule has 3 atom stereocenters. The summed E-state index contributed by atoms with van der Waals surface area (Å²) in [7, 11) is 0. The molecule has 174 valence electrons. The number of likely N-dealkylation sites (tertiary alicyclic amines) is 1. The quantitative estimate of drug-likeness (QED) is 0.251. The molecule has 1 saturated heterocycles. The third-order valence-corrected chi connectivity index (χ3v) is 7.69. The van der Waals surface area contributed by atoms with E-state index in [1.54, 1.807) is 18.2 Å². The van der Waals surface area contributed by atoms with Crippen molar-refractivity contribution in [1.29, 1.82) is 0 Å². The number of nitrogens with zero attached hydrogens (tertiary/aromatic N) is 1. The third-order valence-electron chi connectivity index (χ3n) is 7.69. The van der Waals surface area contributed by atoms with Gasteiger partial charge in [0, 0.05) is 11.8 Å². The highest BCUT2D eigenvalue weighted by molar-refractivity contribution is 6.10. The van der Waals surface area contributed by atoms with Crippen molar-refractivity contribution >= 4 is 23.6 Å². The molecule has 0 N–H and O–H groups in total. The Bertz CT molecular complexity index is 1310. The van der Waals surface area contributed by atoms with E-state index in [9.17, 15) is 19.2 Å². The number of carbonyl (C=O) groups is 4. The minimum atomic E-state index is -1.12. The number of esters is 1. The van der Waals surface area contributed by atoms with Crippen molar-refractivity contribution in [3.8, 4) is 5.75 Å². The first-order valence-corrected chi connectivity index (χ1v) is 11.8. The minimum Gasteiger partial charge on any atom is -0.424 e. The maximum atomic E-state index is 13.8. The van der Waals surface area contributed by atoms with Crippen molar-refractivity contribution in [2.45, 2.75) is 31.7 Å². The van der Waals surface area contributed by atoms with E-state index in [4.69, 9.17) is 4.74 Å². The average Bonchev–Trinajstić information content (AvgIpc) is 3.14. The highest BCUT2D eigenvalue weighted by Crippen LogP contribution is 2.61. The Morgan fingerprint density at radius 3 is 1.63 bits per heavy atom. The zero-order chi connectivity index (χ0) is 24.4. The van der Waals surface area contributed by atoms with Crippen LogP contribution in [0, 0.1) is 11.8 Å². The van der Waals surface area contributed by atoms with Gasteiger partial charge in [0.15, 0.2) is 5.78 Å². The van der Waals surface area contributed by atoms with E-state index in [-0.39, 0.29) is 40.7 Å². The van der Waals surface area contributed by atoms with Gasteiger partial charge in [0.25, 0.3) is 0 Å². The molecule has 6 heteroatoms. The van der Waals surface area contributed by atoms with Crippen LogP contribution >= 0.6 is 0 Å². The van der Waals surface area contributed by atoms with Crippen LogP contribution in [0.4, 0.5) is 0 Å². The lowest BCUT2D eigenvalue weighted by atomic mass is 9.55. The summed E-state index contributed by atoms with van der Waals surface area (Å²) in [5.74, 6) is -3.15. The van der Waals surface area contributed by atoms with Gasteiger partial charge < -0.3 is 4.74 Å². The molecular formula is C29H23NO5. The summed E-state index contributed by atoms with van der Waals surface area (Å²) in [6, 6.07) is 21.3. The summed E-state index contributed by atoms with van der Waals surface area (Å²) < 4.78 is 5.52. The van der Waals surface area contributed by atoms with Gasteiger partial charge in [0.05, 0.1) is 17.4 Å². The lowest BCUT2D eigenvalue weighted by molar-refractivity contribution is -0.152. The number of ketones is 1. The number of hydrogen-bond donors (Lipinski definition) is 0. The van der Waals surface area contributed by atoms with Gasteiger partial charge in [-0.15, -0.1) is 0 Å². The molecule has 3 aromatic carbocycles. The topological polar surface area (TPSA) is 80.8 Å². The predicted octanol–water partition coefficient (Wildman–Crippen LogP) is 4.08. The number of para-hydroxylation sites is 1. The second kappa shape index (κ2) is 7.73. The molecule has 0 radical (unpaired) electrons. The van der Waals surface area contributed by atoms with Crippen molar-refractivity contribution in [2.75, 3.05) is 0 Å². The lowest BCUT2D eigenvalue weighted by Gasteiger charge is -2.45. The molecule has 0 saturated carbocycles. The van der Waals surface area contributed by atoms with Crippen LogP contribution < -0.4 is 4.74 Å². The normalized spacial score (nSPS) is 24.5. The van der Waals surface area contributed by atoms with E-state index >= 15 is 0 Å². The Morgan fingerprint density at radius 1 is 0.743 bits per heavy atom. The molecule has 3 aromatic rings. The van der Waals surface area contributed by atoms with E-state index in [0.29, 0.717) is 0 Å². The molecule has 35 heavy (non-hydrogen) atoms. The van der Waals surface area contributed by atoms with Crippen LogP contribution in [-0.2, 0) is 14.4 Å². The highest BCUT2D eigenvalue weighted by Gasteiger charge is 2.62. The molecule has 0 spiro atoms. The number of Topliss-reactive ketones (excluding diaryl/α,β-unsaturated/α-hetero) is 1. The first kappa shape index (κ1) is 21.5. The molecule has 7 rings (SSSR count). The standard InChI is InChI=1S/C29H23NO5/c1-15(29(34)35-22-14-8-7-9-17(22)16(2)31)30-27(32)25-23-18-10-3-4-11-19(18)24(26(25)28(30)33)21-13-6-5-12-20(21)23/h3-15,23-26H,1-2H3/t15-,23?,24?,25+,26+/m0/s1. The van der Waals surface area contributed by atoms with E-state index in [0.717, 1.165) is 27.2 Å². The van der Waals surface area contributed by atoms with Crippen LogP contribution in [-0.4, -0.2) is 34.5 Å². The van der Waals surface area contributed by atoms with Crippen molar-refractivity contribution < 1.29 is 23.9 Å². The number of carbonyl (C=O) groups excluding carboxylic acids is 4. The summed E-state index contributed by atoms with van der Waals surface area (Å²) in [5, 5.41) is 0. The van der Waals surface area contributed by atoms with Gasteiger partial charge in [-0.25, -0.2) is 4.79 Å². The first-order valence-electron chi connectivity index (χ1n) is 11.8.